The number of rotatable bonds is 3. The largest absolute Gasteiger partial charge is 0.385 e. The molecule has 0 aromatic heterocycles. The standard InChI is InChI=1S/C12H22O2/c1-4-11(13)12(14)10-6-8(2)5-9(3)7-10/h8-11,13H,4-7H2,1-3H3. The van der Waals surface area contributed by atoms with E-state index in [0.717, 1.165) is 12.8 Å². The molecule has 1 rings (SSSR count). The molecule has 0 aromatic carbocycles. The molecule has 0 spiro atoms. The number of carbonyl (C=O) groups excluding carboxylic acids is 1. The number of ketones is 1. The third-order valence-corrected chi connectivity index (χ3v) is 3.30. The Labute approximate surface area is 86.7 Å². The molecule has 0 saturated heterocycles. The van der Waals surface area contributed by atoms with Crippen LogP contribution in [0.15, 0.2) is 0 Å². The lowest BCUT2D eigenvalue weighted by molar-refractivity contribution is -0.133. The van der Waals surface area contributed by atoms with E-state index in [4.69, 9.17) is 0 Å². The normalized spacial score (nSPS) is 35.3. The summed E-state index contributed by atoms with van der Waals surface area (Å²) < 4.78 is 0. The molecule has 2 nitrogen and oxygen atoms in total. The summed E-state index contributed by atoms with van der Waals surface area (Å²) in [5.41, 5.74) is 0. The van der Waals surface area contributed by atoms with Crippen LogP contribution in [0.5, 0.6) is 0 Å². The predicted molar refractivity (Wildman–Crippen MR) is 57.0 cm³/mol. The Kier molecular flexibility index (Phi) is 4.11. The molecule has 1 saturated carbocycles. The van der Waals surface area contributed by atoms with Crippen molar-refractivity contribution in [3.8, 4) is 0 Å². The van der Waals surface area contributed by atoms with Crippen molar-refractivity contribution in [1.82, 2.24) is 0 Å². The molecule has 82 valence electrons. The summed E-state index contributed by atoms with van der Waals surface area (Å²) in [4.78, 5) is 11.8. The van der Waals surface area contributed by atoms with Gasteiger partial charge in [0.15, 0.2) is 5.78 Å². The monoisotopic (exact) mass is 198 g/mol. The number of aliphatic hydroxyl groups is 1. The first-order valence-electron chi connectivity index (χ1n) is 5.76. The molecule has 0 aliphatic heterocycles. The fourth-order valence-corrected chi connectivity index (χ4v) is 2.65. The van der Waals surface area contributed by atoms with Crippen molar-refractivity contribution >= 4 is 5.78 Å². The topological polar surface area (TPSA) is 37.3 Å². The number of hydrogen-bond acceptors (Lipinski definition) is 2. The van der Waals surface area contributed by atoms with Gasteiger partial charge in [-0.25, -0.2) is 0 Å². The SMILES string of the molecule is CCC(O)C(=O)C1CC(C)CC(C)C1. The molecule has 3 atom stereocenters. The predicted octanol–water partition coefficient (Wildman–Crippen LogP) is 2.40. The van der Waals surface area contributed by atoms with Crippen LogP contribution >= 0.6 is 0 Å². The lowest BCUT2D eigenvalue weighted by Crippen LogP contribution is -2.33. The second-order valence-electron chi connectivity index (χ2n) is 4.94. The highest BCUT2D eigenvalue weighted by Crippen LogP contribution is 2.33. The van der Waals surface area contributed by atoms with Crippen molar-refractivity contribution in [2.75, 3.05) is 0 Å². The average molecular weight is 198 g/mol. The minimum atomic E-state index is -0.725. The summed E-state index contributed by atoms with van der Waals surface area (Å²) in [6.07, 6.45) is 3.00. The van der Waals surface area contributed by atoms with Crippen LogP contribution in [0, 0.1) is 17.8 Å². The molecule has 0 amide bonds. The lowest BCUT2D eigenvalue weighted by atomic mass is 9.74. The van der Waals surface area contributed by atoms with E-state index in [1.54, 1.807) is 0 Å². The zero-order chi connectivity index (χ0) is 10.7. The first-order chi connectivity index (χ1) is 6.54. The Hall–Kier alpha value is -0.370. The van der Waals surface area contributed by atoms with Gasteiger partial charge in [0.2, 0.25) is 0 Å². The van der Waals surface area contributed by atoms with Crippen LogP contribution < -0.4 is 0 Å². The van der Waals surface area contributed by atoms with Gasteiger partial charge in [-0.15, -0.1) is 0 Å². The molecule has 0 aromatic rings. The van der Waals surface area contributed by atoms with Crippen LogP contribution in [0.3, 0.4) is 0 Å². The number of hydrogen-bond donors (Lipinski definition) is 1. The van der Waals surface area contributed by atoms with E-state index >= 15 is 0 Å². The maximum atomic E-state index is 11.8. The Bertz CT molecular complexity index is 190. The van der Waals surface area contributed by atoms with Crippen molar-refractivity contribution in [3.05, 3.63) is 0 Å². The Balaban J connectivity index is 2.54. The summed E-state index contributed by atoms with van der Waals surface area (Å²) in [5, 5.41) is 9.50. The van der Waals surface area contributed by atoms with Crippen molar-refractivity contribution in [3.63, 3.8) is 0 Å². The Morgan fingerprint density at radius 1 is 1.29 bits per heavy atom. The fourth-order valence-electron chi connectivity index (χ4n) is 2.65. The van der Waals surface area contributed by atoms with E-state index in [1.807, 2.05) is 6.92 Å². The maximum Gasteiger partial charge on any atom is 0.164 e. The van der Waals surface area contributed by atoms with Crippen LogP contribution in [0.4, 0.5) is 0 Å². The summed E-state index contributed by atoms with van der Waals surface area (Å²) in [5.74, 6) is 1.46. The second kappa shape index (κ2) is 4.92. The molecular formula is C12H22O2. The van der Waals surface area contributed by atoms with E-state index in [-0.39, 0.29) is 11.7 Å². The number of aliphatic hydroxyl groups excluding tert-OH is 1. The molecule has 1 aliphatic carbocycles. The third-order valence-electron chi connectivity index (χ3n) is 3.30. The van der Waals surface area contributed by atoms with Gasteiger partial charge in [0.05, 0.1) is 0 Å². The van der Waals surface area contributed by atoms with Gasteiger partial charge in [0, 0.05) is 5.92 Å². The van der Waals surface area contributed by atoms with Gasteiger partial charge in [0.25, 0.3) is 0 Å². The lowest BCUT2D eigenvalue weighted by Gasteiger charge is -2.31. The van der Waals surface area contributed by atoms with Gasteiger partial charge < -0.3 is 5.11 Å². The molecule has 1 N–H and O–H groups in total. The van der Waals surface area contributed by atoms with E-state index in [2.05, 4.69) is 13.8 Å². The Morgan fingerprint density at radius 2 is 1.79 bits per heavy atom. The van der Waals surface area contributed by atoms with Crippen molar-refractivity contribution in [1.29, 1.82) is 0 Å². The van der Waals surface area contributed by atoms with E-state index in [0.29, 0.717) is 18.3 Å². The Morgan fingerprint density at radius 3 is 2.21 bits per heavy atom. The first-order valence-corrected chi connectivity index (χ1v) is 5.76. The van der Waals surface area contributed by atoms with Crippen LogP contribution in [-0.2, 0) is 4.79 Å². The average Bonchev–Trinajstić information content (AvgIpc) is 2.14. The zero-order valence-corrected chi connectivity index (χ0v) is 9.49. The molecule has 14 heavy (non-hydrogen) atoms. The molecule has 0 bridgehead atoms. The first kappa shape index (κ1) is 11.7. The van der Waals surface area contributed by atoms with E-state index < -0.39 is 6.10 Å². The van der Waals surface area contributed by atoms with E-state index in [1.165, 1.54) is 6.42 Å². The van der Waals surface area contributed by atoms with Crippen molar-refractivity contribution in [2.45, 2.75) is 52.6 Å². The highest BCUT2D eigenvalue weighted by molar-refractivity contribution is 5.85. The van der Waals surface area contributed by atoms with Gasteiger partial charge in [-0.05, 0) is 37.5 Å². The highest BCUT2D eigenvalue weighted by atomic mass is 16.3. The van der Waals surface area contributed by atoms with Crippen LogP contribution in [0.25, 0.3) is 0 Å². The minimum absolute atomic E-state index is 0.0749. The summed E-state index contributed by atoms with van der Waals surface area (Å²) in [7, 11) is 0. The molecule has 0 radical (unpaired) electrons. The van der Waals surface area contributed by atoms with Gasteiger partial charge >= 0.3 is 0 Å². The molecule has 0 heterocycles. The highest BCUT2D eigenvalue weighted by Gasteiger charge is 2.31. The van der Waals surface area contributed by atoms with Crippen molar-refractivity contribution in [2.24, 2.45) is 17.8 Å². The molecule has 2 heteroatoms. The molecular weight excluding hydrogens is 176 g/mol. The van der Waals surface area contributed by atoms with Crippen LogP contribution in [0.2, 0.25) is 0 Å². The minimum Gasteiger partial charge on any atom is -0.385 e. The number of carbonyl (C=O) groups is 1. The molecule has 3 unspecified atom stereocenters. The summed E-state index contributed by atoms with van der Waals surface area (Å²) in [6, 6.07) is 0. The smallest absolute Gasteiger partial charge is 0.164 e. The molecule has 1 aliphatic rings. The third kappa shape index (κ3) is 2.81. The zero-order valence-electron chi connectivity index (χ0n) is 9.49. The van der Waals surface area contributed by atoms with Gasteiger partial charge in [-0.2, -0.15) is 0 Å². The van der Waals surface area contributed by atoms with Gasteiger partial charge in [-0.3, -0.25) is 4.79 Å². The molecule has 1 fully saturated rings. The van der Waals surface area contributed by atoms with Gasteiger partial charge in [-0.1, -0.05) is 20.8 Å². The summed E-state index contributed by atoms with van der Waals surface area (Å²) >= 11 is 0. The van der Waals surface area contributed by atoms with Crippen LogP contribution in [0.1, 0.15) is 46.5 Å². The van der Waals surface area contributed by atoms with Gasteiger partial charge in [0.1, 0.15) is 6.10 Å². The second-order valence-corrected chi connectivity index (χ2v) is 4.94. The maximum absolute atomic E-state index is 11.8. The van der Waals surface area contributed by atoms with E-state index in [9.17, 15) is 9.90 Å². The number of Topliss-reactive ketones (excluding diaryl/α,β-unsaturated/α-hetero) is 1. The van der Waals surface area contributed by atoms with Crippen molar-refractivity contribution < 1.29 is 9.90 Å². The fraction of sp³-hybridized carbons (Fsp3) is 0.917. The quantitative estimate of drug-likeness (QED) is 0.756. The summed E-state index contributed by atoms with van der Waals surface area (Å²) in [6.45, 7) is 6.26. The van der Waals surface area contributed by atoms with Crippen LogP contribution in [-0.4, -0.2) is 17.0 Å².